The van der Waals surface area contributed by atoms with E-state index in [0.29, 0.717) is 34.3 Å². The van der Waals surface area contributed by atoms with E-state index in [1.165, 1.54) is 6.08 Å². The molecule has 8 nitrogen and oxygen atoms in total. The molecule has 2 heterocycles. The number of thioether (sulfide) groups is 1. The summed E-state index contributed by atoms with van der Waals surface area (Å²) in [6.07, 6.45) is 2.38. The smallest absolute Gasteiger partial charge is 0.294 e. The minimum absolute atomic E-state index is 0.0847. The van der Waals surface area contributed by atoms with Crippen LogP contribution in [0.15, 0.2) is 71.8 Å². The lowest BCUT2D eigenvalue weighted by Crippen LogP contribution is -2.36. The van der Waals surface area contributed by atoms with Gasteiger partial charge in [-0.05, 0) is 69.9 Å². The Morgan fingerprint density at radius 1 is 1.12 bits per heavy atom. The number of hydrogen-bond donors (Lipinski definition) is 1. The zero-order valence-corrected chi connectivity index (χ0v) is 22.9. The number of carbonyl (C=O) groups excluding carboxylic acids is 3. The first kappa shape index (κ1) is 27.3. The maximum absolute atomic E-state index is 14.3. The van der Waals surface area contributed by atoms with Gasteiger partial charge < -0.3 is 10.1 Å². The van der Waals surface area contributed by atoms with Gasteiger partial charge in [0, 0.05) is 11.3 Å². The van der Waals surface area contributed by atoms with Crippen molar-refractivity contribution in [1.29, 1.82) is 0 Å². The Kier molecular flexibility index (Phi) is 7.81. The molecule has 3 aromatic carbocycles. The first-order valence-corrected chi connectivity index (χ1v) is 13.4. The number of hydrogen-bond acceptors (Lipinski definition) is 7. The molecule has 1 fully saturated rings. The topological polar surface area (TPSA) is 101 Å². The first-order valence-electron chi connectivity index (χ1n) is 12.2. The minimum Gasteiger partial charge on any atom is -0.436 e. The van der Waals surface area contributed by atoms with E-state index in [4.69, 9.17) is 16.3 Å². The van der Waals surface area contributed by atoms with Crippen LogP contribution in [0.1, 0.15) is 30.9 Å². The Morgan fingerprint density at radius 3 is 2.62 bits per heavy atom. The number of ether oxygens (including phenoxy) is 1. The van der Waals surface area contributed by atoms with Crippen molar-refractivity contribution < 1.29 is 23.5 Å². The van der Waals surface area contributed by atoms with Crippen molar-refractivity contribution in [2.24, 2.45) is 0 Å². The lowest BCUT2D eigenvalue weighted by molar-refractivity contribution is -0.127. The predicted molar refractivity (Wildman–Crippen MR) is 153 cm³/mol. The Labute approximate surface area is 238 Å². The SMILES string of the molecule is CC(C)c1ccc(NC(=O)CN2C(=O)S/C(=C/c3c(Oc4nc(Cl)ncc4F)ccc4ccccc34)C2=O)cc1. The van der Waals surface area contributed by atoms with Crippen molar-refractivity contribution in [2.45, 2.75) is 19.8 Å². The largest absolute Gasteiger partial charge is 0.436 e. The lowest BCUT2D eigenvalue weighted by Gasteiger charge is -2.13. The third-order valence-electron chi connectivity index (χ3n) is 6.13. The number of rotatable bonds is 7. The van der Waals surface area contributed by atoms with Crippen molar-refractivity contribution >= 4 is 63.0 Å². The quantitative estimate of drug-likeness (QED) is 0.186. The Hall–Kier alpha value is -4.28. The summed E-state index contributed by atoms with van der Waals surface area (Å²) in [6, 6.07) is 18.1. The van der Waals surface area contributed by atoms with Crippen molar-refractivity contribution in [3.05, 3.63) is 94.0 Å². The lowest BCUT2D eigenvalue weighted by atomic mass is 10.0. The van der Waals surface area contributed by atoms with E-state index in [1.54, 1.807) is 36.4 Å². The summed E-state index contributed by atoms with van der Waals surface area (Å²) in [5.41, 5.74) is 2.11. The normalized spacial score (nSPS) is 14.4. The molecule has 40 heavy (non-hydrogen) atoms. The van der Waals surface area contributed by atoms with Gasteiger partial charge in [-0.25, -0.2) is 4.98 Å². The first-order chi connectivity index (χ1) is 19.2. The summed E-state index contributed by atoms with van der Waals surface area (Å²) in [4.78, 5) is 47.0. The van der Waals surface area contributed by atoms with E-state index >= 15 is 0 Å². The van der Waals surface area contributed by atoms with Crippen LogP contribution < -0.4 is 10.1 Å². The van der Waals surface area contributed by atoms with E-state index in [-0.39, 0.29) is 15.9 Å². The van der Waals surface area contributed by atoms with E-state index in [2.05, 4.69) is 29.1 Å². The molecule has 3 amide bonds. The van der Waals surface area contributed by atoms with E-state index in [0.717, 1.165) is 22.0 Å². The number of carbonyl (C=O) groups is 3. The summed E-state index contributed by atoms with van der Waals surface area (Å²) in [7, 11) is 0. The number of nitrogens with zero attached hydrogens (tertiary/aromatic N) is 3. The number of nitrogens with one attached hydrogen (secondary N) is 1. The fourth-order valence-electron chi connectivity index (χ4n) is 4.08. The standard InChI is InChI=1S/C29H22ClFN4O4S/c1-16(2)17-7-10-19(11-8-17)33-25(36)15-35-27(37)24(40-29(35)38)13-21-20-6-4-3-5-18(20)9-12-23(21)39-26-22(31)14-32-28(30)34-26/h3-14,16H,15H2,1-2H3,(H,33,36)/b24-13+. The molecule has 1 aliphatic rings. The summed E-state index contributed by atoms with van der Waals surface area (Å²) in [5, 5.41) is 3.45. The number of anilines is 1. The van der Waals surface area contributed by atoms with Crippen LogP contribution in [0, 0.1) is 5.82 Å². The summed E-state index contributed by atoms with van der Waals surface area (Å²) < 4.78 is 20.1. The second kappa shape index (κ2) is 11.4. The molecule has 202 valence electrons. The van der Waals surface area contributed by atoms with Gasteiger partial charge in [0.15, 0.2) is 0 Å². The summed E-state index contributed by atoms with van der Waals surface area (Å²) >= 11 is 6.52. The van der Waals surface area contributed by atoms with Crippen molar-refractivity contribution in [1.82, 2.24) is 14.9 Å². The van der Waals surface area contributed by atoms with Crippen LogP contribution in [-0.2, 0) is 9.59 Å². The molecule has 0 radical (unpaired) electrons. The second-order valence-corrected chi connectivity index (χ2v) is 10.5. The van der Waals surface area contributed by atoms with Gasteiger partial charge in [0.2, 0.25) is 17.0 Å². The van der Waals surface area contributed by atoms with Crippen molar-refractivity contribution in [3.8, 4) is 11.6 Å². The van der Waals surface area contributed by atoms with Crippen LogP contribution in [0.3, 0.4) is 0 Å². The van der Waals surface area contributed by atoms with Gasteiger partial charge in [0.1, 0.15) is 12.3 Å². The third-order valence-corrected chi connectivity index (χ3v) is 7.22. The molecule has 0 saturated carbocycles. The van der Waals surface area contributed by atoms with Crippen LogP contribution in [0.4, 0.5) is 14.9 Å². The maximum Gasteiger partial charge on any atom is 0.294 e. The third kappa shape index (κ3) is 5.83. The van der Waals surface area contributed by atoms with E-state index in [1.807, 2.05) is 24.3 Å². The van der Waals surface area contributed by atoms with Crippen LogP contribution >= 0.6 is 23.4 Å². The van der Waals surface area contributed by atoms with Crippen molar-refractivity contribution in [3.63, 3.8) is 0 Å². The zero-order valence-electron chi connectivity index (χ0n) is 21.4. The number of halogens is 2. The van der Waals surface area contributed by atoms with Gasteiger partial charge >= 0.3 is 0 Å². The fourth-order valence-corrected chi connectivity index (χ4v) is 5.03. The minimum atomic E-state index is -0.825. The predicted octanol–water partition coefficient (Wildman–Crippen LogP) is 7.01. The van der Waals surface area contributed by atoms with Gasteiger partial charge in [-0.2, -0.15) is 9.37 Å². The molecule has 4 aromatic rings. The summed E-state index contributed by atoms with van der Waals surface area (Å²) in [6.45, 7) is 3.69. The van der Waals surface area contributed by atoms with Gasteiger partial charge in [0.25, 0.3) is 17.0 Å². The van der Waals surface area contributed by atoms with Gasteiger partial charge in [-0.15, -0.1) is 0 Å². The second-order valence-electron chi connectivity index (χ2n) is 9.19. The molecule has 1 saturated heterocycles. The molecule has 1 aromatic heterocycles. The molecule has 1 aliphatic heterocycles. The highest BCUT2D eigenvalue weighted by molar-refractivity contribution is 8.18. The van der Waals surface area contributed by atoms with Gasteiger partial charge in [-0.3, -0.25) is 19.3 Å². The average molecular weight is 577 g/mol. The van der Waals surface area contributed by atoms with Crippen molar-refractivity contribution in [2.75, 3.05) is 11.9 Å². The maximum atomic E-state index is 14.3. The molecule has 0 atom stereocenters. The molecule has 0 bridgehead atoms. The number of benzene rings is 3. The number of fused-ring (bicyclic) bond motifs is 1. The van der Waals surface area contributed by atoms with E-state index in [9.17, 15) is 18.8 Å². The zero-order chi connectivity index (χ0) is 28.4. The molecule has 0 spiro atoms. The summed E-state index contributed by atoms with van der Waals surface area (Å²) in [5.74, 6) is -1.83. The molecule has 5 rings (SSSR count). The molecule has 11 heteroatoms. The molecule has 0 unspecified atom stereocenters. The highest BCUT2D eigenvalue weighted by atomic mass is 35.5. The van der Waals surface area contributed by atoms with Crippen LogP contribution in [0.25, 0.3) is 16.8 Å². The number of aromatic nitrogens is 2. The number of imide groups is 1. The van der Waals surface area contributed by atoms with Crippen LogP contribution in [-0.4, -0.2) is 38.5 Å². The molecular formula is C29H22ClFN4O4S. The fraction of sp³-hybridized carbons (Fsp3) is 0.138. The molecule has 0 aliphatic carbocycles. The Morgan fingerprint density at radius 2 is 1.88 bits per heavy atom. The van der Waals surface area contributed by atoms with Gasteiger partial charge in [-0.1, -0.05) is 56.3 Å². The molecular weight excluding hydrogens is 555 g/mol. The Bertz CT molecular complexity index is 1680. The average Bonchev–Trinajstić information content (AvgIpc) is 3.19. The highest BCUT2D eigenvalue weighted by Crippen LogP contribution is 2.38. The monoisotopic (exact) mass is 576 g/mol. The highest BCUT2D eigenvalue weighted by Gasteiger charge is 2.36. The number of amides is 3. The molecule has 1 N–H and O–H groups in total. The van der Waals surface area contributed by atoms with Crippen LogP contribution in [0.2, 0.25) is 5.28 Å². The Balaban J connectivity index is 1.41. The van der Waals surface area contributed by atoms with Crippen LogP contribution in [0.5, 0.6) is 11.6 Å². The van der Waals surface area contributed by atoms with Gasteiger partial charge in [0.05, 0.1) is 11.1 Å². The van der Waals surface area contributed by atoms with E-state index < -0.39 is 35.3 Å².